The number of nitrogen functional groups attached to an aromatic ring is 1. The van der Waals surface area contributed by atoms with Crippen LogP contribution in [0.15, 0.2) is 65.2 Å². The van der Waals surface area contributed by atoms with Crippen molar-refractivity contribution < 1.29 is 32.0 Å². The van der Waals surface area contributed by atoms with Gasteiger partial charge in [0.2, 0.25) is 0 Å². The number of rotatable bonds is 5. The van der Waals surface area contributed by atoms with Gasteiger partial charge in [0.05, 0.1) is 22.9 Å². The summed E-state index contributed by atoms with van der Waals surface area (Å²) in [7, 11) is 0. The van der Waals surface area contributed by atoms with Crippen molar-refractivity contribution in [2.45, 2.75) is 31.7 Å². The predicted octanol–water partition coefficient (Wildman–Crippen LogP) is 5.19. The molecule has 13 heteroatoms. The fourth-order valence-electron chi connectivity index (χ4n) is 6.11. The van der Waals surface area contributed by atoms with Gasteiger partial charge in [-0.1, -0.05) is 35.5 Å². The summed E-state index contributed by atoms with van der Waals surface area (Å²) in [5.41, 5.74) is 6.89. The van der Waals surface area contributed by atoms with E-state index in [-0.39, 0.29) is 47.5 Å². The quantitative estimate of drug-likeness (QED) is 0.265. The summed E-state index contributed by atoms with van der Waals surface area (Å²) >= 11 is 0. The average Bonchev–Trinajstić information content (AvgIpc) is 3.70. The Balaban J connectivity index is 1.25. The molecular weight excluding hydrogens is 580 g/mol. The Hall–Kier alpha value is -4.75. The molecule has 3 N–H and O–H groups in total. The van der Waals surface area contributed by atoms with Crippen LogP contribution >= 0.6 is 0 Å². The molecule has 0 aliphatic carbocycles. The molecule has 4 heterocycles. The first-order valence-electron chi connectivity index (χ1n) is 14.0. The van der Waals surface area contributed by atoms with E-state index in [4.69, 9.17) is 10.3 Å². The van der Waals surface area contributed by atoms with Crippen molar-refractivity contribution >= 4 is 28.4 Å². The normalized spacial score (nSPS) is 17.5. The van der Waals surface area contributed by atoms with E-state index in [1.54, 1.807) is 6.07 Å². The standard InChI is InChI=1S/C31H26F4N6O3/c32-24-13-17(21-4-2-1-3-18(21)15-39-11-9-20(42)16-39)5-7-25(24)40-12-10-22-27(30(40)43)41(37-28(22)31(33,34)35)19-6-8-26-23(14-19)29(36)38-44-26/h1-8,13-14,20,42H,9-12,15-16H2,(H2,36,38)/t20-/m1/s1. The number of halogens is 4. The van der Waals surface area contributed by atoms with Gasteiger partial charge in [-0.15, -0.1) is 0 Å². The van der Waals surface area contributed by atoms with Gasteiger partial charge in [0.1, 0.15) is 11.5 Å². The highest BCUT2D eigenvalue weighted by Crippen LogP contribution is 2.39. The largest absolute Gasteiger partial charge is 0.435 e. The second-order valence-electron chi connectivity index (χ2n) is 11.0. The first-order valence-corrected chi connectivity index (χ1v) is 14.0. The Morgan fingerprint density at radius 2 is 1.89 bits per heavy atom. The number of aliphatic hydroxyl groups is 1. The number of carbonyl (C=O) groups is 1. The van der Waals surface area contributed by atoms with Crippen LogP contribution in [0.4, 0.5) is 29.1 Å². The van der Waals surface area contributed by atoms with Crippen molar-refractivity contribution in [2.24, 2.45) is 0 Å². The van der Waals surface area contributed by atoms with Crippen molar-refractivity contribution in [2.75, 3.05) is 30.3 Å². The Kier molecular flexibility index (Phi) is 6.66. The third-order valence-electron chi connectivity index (χ3n) is 8.22. The summed E-state index contributed by atoms with van der Waals surface area (Å²) in [6.07, 6.45) is -4.66. The zero-order chi connectivity index (χ0) is 30.7. The Bertz CT molecular complexity index is 1920. The lowest BCUT2D eigenvalue weighted by Crippen LogP contribution is -2.39. The molecule has 226 valence electrons. The zero-order valence-electron chi connectivity index (χ0n) is 23.2. The van der Waals surface area contributed by atoms with Crippen molar-refractivity contribution in [1.82, 2.24) is 19.8 Å². The second-order valence-corrected chi connectivity index (χ2v) is 11.0. The molecule has 0 spiro atoms. The van der Waals surface area contributed by atoms with Gasteiger partial charge in [-0.05, 0) is 59.9 Å². The van der Waals surface area contributed by atoms with Gasteiger partial charge in [0, 0.05) is 31.7 Å². The first kappa shape index (κ1) is 28.0. The molecule has 3 aromatic carbocycles. The van der Waals surface area contributed by atoms with E-state index in [0.717, 1.165) is 27.3 Å². The van der Waals surface area contributed by atoms with Crippen molar-refractivity contribution in [3.05, 3.63) is 89.0 Å². The van der Waals surface area contributed by atoms with E-state index >= 15 is 4.39 Å². The minimum atomic E-state index is -4.81. The number of benzene rings is 3. The molecule has 1 atom stereocenters. The van der Waals surface area contributed by atoms with E-state index in [1.807, 2.05) is 24.3 Å². The molecule has 0 radical (unpaired) electrons. The number of β-amino-alcohol motifs (C(OH)–C–C–N with tert-alkyl or cyclic N) is 1. The molecule has 2 aliphatic heterocycles. The summed E-state index contributed by atoms with van der Waals surface area (Å²) in [5, 5.41) is 17.7. The molecule has 5 aromatic rings. The fraction of sp³-hybridized carbons (Fsp3) is 0.258. The number of aliphatic hydroxyl groups excluding tert-OH is 1. The monoisotopic (exact) mass is 606 g/mol. The number of hydrogen-bond acceptors (Lipinski definition) is 7. The molecule has 7 rings (SSSR count). The molecule has 1 amide bonds. The van der Waals surface area contributed by atoms with Crippen LogP contribution < -0.4 is 10.6 Å². The first-order chi connectivity index (χ1) is 21.1. The summed E-state index contributed by atoms with van der Waals surface area (Å²) in [6, 6.07) is 16.4. The molecular formula is C31H26F4N6O3. The minimum Gasteiger partial charge on any atom is -0.392 e. The molecule has 2 aromatic heterocycles. The van der Waals surface area contributed by atoms with Crippen LogP contribution in [0.1, 0.15) is 33.7 Å². The number of carbonyl (C=O) groups excluding carboxylic acids is 1. The molecule has 0 bridgehead atoms. The highest BCUT2D eigenvalue weighted by molar-refractivity contribution is 6.08. The molecule has 1 fully saturated rings. The number of alkyl halides is 3. The third-order valence-corrected chi connectivity index (χ3v) is 8.22. The number of likely N-dealkylation sites (tertiary alicyclic amines) is 1. The van der Waals surface area contributed by atoms with Gasteiger partial charge >= 0.3 is 6.18 Å². The third kappa shape index (κ3) is 4.77. The molecule has 2 aliphatic rings. The maximum Gasteiger partial charge on any atom is 0.435 e. The summed E-state index contributed by atoms with van der Waals surface area (Å²) < 4.78 is 64.0. The summed E-state index contributed by atoms with van der Waals surface area (Å²) in [5.74, 6) is -1.47. The molecule has 9 nitrogen and oxygen atoms in total. The minimum absolute atomic E-state index is 0.0358. The van der Waals surface area contributed by atoms with Gasteiger partial charge in [-0.25, -0.2) is 9.07 Å². The summed E-state index contributed by atoms with van der Waals surface area (Å²) in [4.78, 5) is 17.1. The number of nitrogens with two attached hydrogens (primary N) is 1. The maximum atomic E-state index is 15.8. The molecule has 44 heavy (non-hydrogen) atoms. The van der Waals surface area contributed by atoms with Gasteiger partial charge in [-0.2, -0.15) is 18.3 Å². The number of amides is 1. The molecule has 1 saturated heterocycles. The lowest BCUT2D eigenvalue weighted by atomic mass is 9.98. The maximum absolute atomic E-state index is 15.8. The number of hydrogen-bond donors (Lipinski definition) is 2. The van der Waals surface area contributed by atoms with Crippen LogP contribution in [0.3, 0.4) is 0 Å². The highest BCUT2D eigenvalue weighted by Gasteiger charge is 2.43. The smallest absolute Gasteiger partial charge is 0.392 e. The lowest BCUT2D eigenvalue weighted by Gasteiger charge is -2.28. The van der Waals surface area contributed by atoms with Crippen LogP contribution in [0.2, 0.25) is 0 Å². The number of nitrogens with zero attached hydrogens (tertiary/aromatic N) is 5. The molecule has 0 unspecified atom stereocenters. The Morgan fingerprint density at radius 3 is 2.64 bits per heavy atom. The number of fused-ring (bicyclic) bond motifs is 2. The van der Waals surface area contributed by atoms with E-state index in [9.17, 15) is 23.1 Å². The average molecular weight is 607 g/mol. The SMILES string of the molecule is Nc1noc2ccc(-n3nc(C(F)(F)F)c4c3C(=O)N(c3ccc(-c5ccccc5CN5CC[C@@H](O)C5)cc3F)CC4)cc12. The number of anilines is 2. The van der Waals surface area contributed by atoms with Gasteiger partial charge in [0.15, 0.2) is 17.1 Å². The second kappa shape index (κ2) is 10.5. The topological polar surface area (TPSA) is 114 Å². The Labute approximate surface area is 248 Å². The van der Waals surface area contributed by atoms with Gasteiger partial charge < -0.3 is 20.3 Å². The zero-order valence-corrected chi connectivity index (χ0v) is 23.2. The van der Waals surface area contributed by atoms with E-state index < -0.39 is 23.6 Å². The van der Waals surface area contributed by atoms with Crippen molar-refractivity contribution in [3.8, 4) is 16.8 Å². The van der Waals surface area contributed by atoms with Crippen molar-refractivity contribution in [3.63, 3.8) is 0 Å². The number of aromatic nitrogens is 3. The lowest BCUT2D eigenvalue weighted by molar-refractivity contribution is -0.141. The van der Waals surface area contributed by atoms with E-state index in [0.29, 0.717) is 36.0 Å². The van der Waals surface area contributed by atoms with Crippen LogP contribution in [-0.4, -0.2) is 56.6 Å². The fourth-order valence-corrected chi connectivity index (χ4v) is 6.11. The predicted molar refractivity (Wildman–Crippen MR) is 154 cm³/mol. The van der Waals surface area contributed by atoms with E-state index in [1.165, 1.54) is 30.3 Å². The summed E-state index contributed by atoms with van der Waals surface area (Å²) in [6.45, 7) is 1.74. The Morgan fingerprint density at radius 1 is 1.07 bits per heavy atom. The van der Waals surface area contributed by atoms with Crippen LogP contribution in [0.25, 0.3) is 27.8 Å². The van der Waals surface area contributed by atoms with Crippen LogP contribution in [0.5, 0.6) is 0 Å². The van der Waals surface area contributed by atoms with E-state index in [2.05, 4.69) is 15.2 Å². The molecule has 0 saturated carbocycles. The van der Waals surface area contributed by atoms with Crippen molar-refractivity contribution in [1.29, 1.82) is 0 Å². The van der Waals surface area contributed by atoms with Gasteiger partial charge in [-0.3, -0.25) is 9.69 Å². The van der Waals surface area contributed by atoms with Gasteiger partial charge in [0.25, 0.3) is 5.91 Å². The van der Waals surface area contributed by atoms with Crippen LogP contribution in [-0.2, 0) is 19.1 Å². The van der Waals surface area contributed by atoms with Crippen LogP contribution in [0, 0.1) is 5.82 Å². The highest BCUT2D eigenvalue weighted by atomic mass is 19.4.